The predicted octanol–water partition coefficient (Wildman–Crippen LogP) is 5.87. The molecule has 2 aromatic carbocycles. The number of hydrogen-bond donors (Lipinski definition) is 1. The number of rotatable bonds is 6. The molecule has 242 valence electrons. The molecule has 4 fully saturated rings. The maximum Gasteiger partial charge on any atom is 0.325 e. The summed E-state index contributed by atoms with van der Waals surface area (Å²) in [4.78, 5) is 46.7. The summed E-state index contributed by atoms with van der Waals surface area (Å²) in [5, 5.41) is 3.63. The summed E-state index contributed by atoms with van der Waals surface area (Å²) in [6, 6.07) is 18.2. The van der Waals surface area contributed by atoms with Gasteiger partial charge in [0.25, 0.3) is 11.8 Å². The molecule has 8 nitrogen and oxygen atoms in total. The Balaban J connectivity index is 1.13. The number of anilines is 1. The first-order valence-corrected chi connectivity index (χ1v) is 16.9. The van der Waals surface area contributed by atoms with Crippen molar-refractivity contribution in [2.75, 3.05) is 31.2 Å². The van der Waals surface area contributed by atoms with Crippen LogP contribution in [0.25, 0.3) is 0 Å². The van der Waals surface area contributed by atoms with Crippen molar-refractivity contribution in [1.29, 1.82) is 0 Å². The molecule has 0 radical (unpaired) electrons. The Labute approximate surface area is 268 Å². The van der Waals surface area contributed by atoms with Crippen LogP contribution in [0.2, 0.25) is 0 Å². The van der Waals surface area contributed by atoms with Gasteiger partial charge in [0.15, 0.2) is 0 Å². The zero-order valence-corrected chi connectivity index (χ0v) is 27.5. The van der Waals surface area contributed by atoms with Crippen LogP contribution in [0.1, 0.15) is 107 Å². The molecule has 0 atom stereocenters. The van der Waals surface area contributed by atoms with Crippen LogP contribution < -0.4 is 10.2 Å². The Bertz CT molecular complexity index is 1360. The second-order valence-electron chi connectivity index (χ2n) is 15.1. The molecule has 0 aromatic heterocycles. The summed E-state index contributed by atoms with van der Waals surface area (Å²) in [6.07, 6.45) is 8.63. The molecule has 0 unspecified atom stereocenters. The fourth-order valence-electron chi connectivity index (χ4n) is 8.61. The zero-order valence-electron chi connectivity index (χ0n) is 27.5. The molecule has 2 aromatic rings. The first-order valence-electron chi connectivity index (χ1n) is 16.9. The Morgan fingerprint density at radius 2 is 1.49 bits per heavy atom. The molecular weight excluding hydrogens is 564 g/mol. The fraction of sp³-hybridized carbons (Fsp3) is 0.595. The maximum atomic E-state index is 14.2. The number of benzene rings is 2. The number of nitrogens with one attached hydrogen (secondary N) is 1. The maximum absolute atomic E-state index is 14.2. The number of likely N-dealkylation sites (tertiary alicyclic amines) is 1. The van der Waals surface area contributed by atoms with Crippen LogP contribution in [0.5, 0.6) is 0 Å². The largest absolute Gasteiger partial charge is 0.461 e. The van der Waals surface area contributed by atoms with Gasteiger partial charge in [0.05, 0.1) is 6.67 Å². The van der Waals surface area contributed by atoms with Crippen LogP contribution in [0, 0.1) is 0 Å². The van der Waals surface area contributed by atoms with E-state index >= 15 is 0 Å². The monoisotopic (exact) mass is 614 g/mol. The van der Waals surface area contributed by atoms with Gasteiger partial charge in [-0.25, -0.2) is 0 Å². The van der Waals surface area contributed by atoms with Gasteiger partial charge < -0.3 is 24.8 Å². The predicted molar refractivity (Wildman–Crippen MR) is 176 cm³/mol. The highest BCUT2D eigenvalue weighted by molar-refractivity contribution is 5.97. The normalized spacial score (nSPS) is 23.4. The first kappa shape index (κ1) is 31.6. The van der Waals surface area contributed by atoms with E-state index in [2.05, 4.69) is 50.0 Å². The highest BCUT2D eigenvalue weighted by Crippen LogP contribution is 2.40. The van der Waals surface area contributed by atoms with Gasteiger partial charge in [-0.15, -0.1) is 0 Å². The topological polar surface area (TPSA) is 82.2 Å². The fourth-order valence-corrected chi connectivity index (χ4v) is 8.61. The van der Waals surface area contributed by atoms with E-state index in [-0.39, 0.29) is 41.5 Å². The van der Waals surface area contributed by atoms with Gasteiger partial charge in [0.1, 0.15) is 18.2 Å². The molecule has 1 spiro atoms. The Hall–Kier alpha value is -3.39. The Morgan fingerprint density at radius 3 is 2.11 bits per heavy atom. The molecule has 4 aliphatic rings. The van der Waals surface area contributed by atoms with E-state index in [0.717, 1.165) is 18.5 Å². The van der Waals surface area contributed by atoms with Gasteiger partial charge in [0, 0.05) is 48.3 Å². The van der Waals surface area contributed by atoms with E-state index in [9.17, 15) is 14.4 Å². The number of amides is 2. The van der Waals surface area contributed by atoms with Gasteiger partial charge in [-0.2, -0.15) is 0 Å². The van der Waals surface area contributed by atoms with Crippen LogP contribution in [0.15, 0.2) is 54.6 Å². The average molecular weight is 615 g/mol. The Kier molecular flexibility index (Phi) is 8.72. The number of nitrogens with zero attached hydrogens (tertiary/aromatic N) is 3. The molecule has 8 heteroatoms. The molecule has 3 saturated heterocycles. The number of carbonyl (C=O) groups is 3. The van der Waals surface area contributed by atoms with E-state index in [0.29, 0.717) is 44.1 Å². The summed E-state index contributed by atoms with van der Waals surface area (Å²) in [5.41, 5.74) is 1.89. The second-order valence-corrected chi connectivity index (χ2v) is 15.1. The van der Waals surface area contributed by atoms with Crippen molar-refractivity contribution >= 4 is 23.5 Å². The molecule has 1 N–H and O–H groups in total. The van der Waals surface area contributed by atoms with Crippen molar-refractivity contribution in [3.63, 3.8) is 0 Å². The van der Waals surface area contributed by atoms with Gasteiger partial charge >= 0.3 is 5.97 Å². The third kappa shape index (κ3) is 6.76. The molecule has 0 bridgehead atoms. The quantitative estimate of drug-likeness (QED) is 0.410. The second kappa shape index (κ2) is 12.4. The number of esters is 1. The zero-order chi connectivity index (χ0) is 31.8. The SMILES string of the molecule is CC1(C)CC(OC(=O)CN2CN(c3ccccc3)C3(CCN(C(=O)c4ccc(C5CCCCC5)cc4)CC3)C2=O)CC(C)(C)N1. The van der Waals surface area contributed by atoms with Gasteiger partial charge in [0.2, 0.25) is 0 Å². The third-order valence-electron chi connectivity index (χ3n) is 10.5. The third-order valence-corrected chi connectivity index (χ3v) is 10.5. The smallest absolute Gasteiger partial charge is 0.325 e. The lowest BCUT2D eigenvalue weighted by molar-refractivity contribution is -0.157. The molecule has 2 amide bonds. The summed E-state index contributed by atoms with van der Waals surface area (Å²) in [7, 11) is 0. The number of ether oxygens (including phenoxy) is 1. The van der Waals surface area contributed by atoms with Crippen LogP contribution in [0.3, 0.4) is 0 Å². The molecule has 3 aliphatic heterocycles. The summed E-state index contributed by atoms with van der Waals surface area (Å²) >= 11 is 0. The van der Waals surface area contributed by atoms with Crippen molar-refractivity contribution in [2.45, 2.75) is 114 Å². The lowest BCUT2D eigenvalue weighted by Gasteiger charge is -2.46. The van der Waals surface area contributed by atoms with Gasteiger partial charge in [-0.05, 0) is 89.1 Å². The molecule has 45 heavy (non-hydrogen) atoms. The van der Waals surface area contributed by atoms with E-state index in [4.69, 9.17) is 4.74 Å². The first-order chi connectivity index (χ1) is 21.4. The molecule has 1 aliphatic carbocycles. The molecule has 6 rings (SSSR count). The van der Waals surface area contributed by atoms with E-state index in [1.54, 1.807) is 4.90 Å². The number of piperidine rings is 2. The highest BCUT2D eigenvalue weighted by Gasteiger charge is 2.54. The number of para-hydroxylation sites is 1. The van der Waals surface area contributed by atoms with Crippen molar-refractivity contribution in [2.24, 2.45) is 0 Å². The minimum absolute atomic E-state index is 0.0185. The standard InChI is InChI=1S/C37H50N4O4/c1-35(2)23-31(24-36(3,4)38-35)45-32(42)25-40-26-41(30-13-9-6-10-14-30)37(34(40)44)19-21-39(22-20-37)33(43)29-17-15-28(16-18-29)27-11-7-5-8-12-27/h6,9-10,13-18,27,31,38H,5,7-8,11-12,19-26H2,1-4H3. The van der Waals surface area contributed by atoms with E-state index in [1.165, 1.54) is 37.7 Å². The van der Waals surface area contributed by atoms with Crippen LogP contribution in [-0.2, 0) is 14.3 Å². The van der Waals surface area contributed by atoms with Crippen molar-refractivity contribution in [3.8, 4) is 0 Å². The lowest BCUT2D eigenvalue weighted by atomic mass is 9.81. The summed E-state index contributed by atoms with van der Waals surface area (Å²) in [5.74, 6) is 0.202. The van der Waals surface area contributed by atoms with E-state index in [1.807, 2.05) is 47.4 Å². The molecule has 1 saturated carbocycles. The van der Waals surface area contributed by atoms with E-state index < -0.39 is 5.54 Å². The number of hydrogen-bond acceptors (Lipinski definition) is 6. The van der Waals surface area contributed by atoms with Crippen LogP contribution in [0.4, 0.5) is 5.69 Å². The van der Waals surface area contributed by atoms with Crippen LogP contribution in [-0.4, -0.2) is 76.6 Å². The molecular formula is C37H50N4O4. The molecule has 3 heterocycles. The number of carbonyl (C=O) groups excluding carboxylic acids is 3. The van der Waals surface area contributed by atoms with Gasteiger partial charge in [-0.1, -0.05) is 49.6 Å². The lowest BCUT2D eigenvalue weighted by Crippen LogP contribution is -2.60. The highest BCUT2D eigenvalue weighted by atomic mass is 16.5. The van der Waals surface area contributed by atoms with Gasteiger partial charge in [-0.3, -0.25) is 14.4 Å². The Morgan fingerprint density at radius 1 is 0.867 bits per heavy atom. The average Bonchev–Trinajstić information content (AvgIpc) is 3.26. The minimum Gasteiger partial charge on any atom is -0.461 e. The summed E-state index contributed by atoms with van der Waals surface area (Å²) < 4.78 is 5.99. The van der Waals surface area contributed by atoms with Crippen LogP contribution >= 0.6 is 0 Å². The van der Waals surface area contributed by atoms with Crippen molar-refractivity contribution in [1.82, 2.24) is 15.1 Å². The summed E-state index contributed by atoms with van der Waals surface area (Å²) in [6.45, 7) is 9.72. The minimum atomic E-state index is -0.804. The van der Waals surface area contributed by atoms with Crippen molar-refractivity contribution in [3.05, 3.63) is 65.7 Å². The van der Waals surface area contributed by atoms with Crippen molar-refractivity contribution < 1.29 is 19.1 Å².